The number of anilines is 1. The van der Waals surface area contributed by atoms with Crippen LogP contribution < -0.4 is 5.32 Å². The zero-order valence-electron chi connectivity index (χ0n) is 7.52. The van der Waals surface area contributed by atoms with E-state index in [2.05, 4.69) is 12.2 Å². The van der Waals surface area contributed by atoms with Crippen LogP contribution in [-0.2, 0) is 0 Å². The minimum absolute atomic E-state index is 0.163. The van der Waals surface area contributed by atoms with E-state index in [-0.39, 0.29) is 5.82 Å². The molecule has 1 aromatic rings. The second-order valence-corrected chi connectivity index (χ2v) is 2.91. The molecule has 0 aromatic heterocycles. The van der Waals surface area contributed by atoms with Gasteiger partial charge in [0.2, 0.25) is 0 Å². The minimum atomic E-state index is -0.163. The number of hydrogen-bond acceptors (Lipinski definition) is 1. The van der Waals surface area contributed by atoms with Gasteiger partial charge in [-0.2, -0.15) is 0 Å². The molecule has 0 saturated heterocycles. The lowest BCUT2D eigenvalue weighted by Gasteiger charge is -2.05. The molecule has 0 heterocycles. The summed E-state index contributed by atoms with van der Waals surface area (Å²) in [6.45, 7) is 4.76. The lowest BCUT2D eigenvalue weighted by molar-refractivity contribution is 0.629. The van der Waals surface area contributed by atoms with Crippen molar-refractivity contribution in [1.29, 1.82) is 0 Å². The van der Waals surface area contributed by atoms with E-state index >= 15 is 0 Å². The van der Waals surface area contributed by atoms with Crippen LogP contribution in [0.1, 0.15) is 18.9 Å². The highest BCUT2D eigenvalue weighted by Gasteiger charge is 1.99. The van der Waals surface area contributed by atoms with Crippen LogP contribution in [0.15, 0.2) is 18.2 Å². The average molecular weight is 167 g/mol. The second kappa shape index (κ2) is 4.10. The molecule has 0 fully saturated rings. The van der Waals surface area contributed by atoms with Crippen LogP contribution in [0.4, 0.5) is 10.1 Å². The fourth-order valence-electron chi connectivity index (χ4n) is 1.02. The van der Waals surface area contributed by atoms with Crippen LogP contribution in [0.5, 0.6) is 0 Å². The van der Waals surface area contributed by atoms with Crippen LogP contribution >= 0.6 is 0 Å². The molecular weight excluding hydrogens is 153 g/mol. The van der Waals surface area contributed by atoms with Gasteiger partial charge in [-0.1, -0.05) is 13.0 Å². The van der Waals surface area contributed by atoms with Crippen LogP contribution in [0.3, 0.4) is 0 Å². The third-order valence-corrected chi connectivity index (χ3v) is 1.69. The number of hydrogen-bond donors (Lipinski definition) is 1. The summed E-state index contributed by atoms with van der Waals surface area (Å²) in [4.78, 5) is 0. The first-order valence-corrected chi connectivity index (χ1v) is 4.24. The third kappa shape index (κ3) is 2.22. The van der Waals surface area contributed by atoms with Gasteiger partial charge in [-0.25, -0.2) is 4.39 Å². The van der Waals surface area contributed by atoms with Gasteiger partial charge in [0.25, 0.3) is 0 Å². The Morgan fingerprint density at radius 2 is 2.17 bits per heavy atom. The molecule has 0 saturated carbocycles. The number of benzene rings is 1. The van der Waals surface area contributed by atoms with Gasteiger partial charge in [0.15, 0.2) is 0 Å². The Balaban J connectivity index is 2.72. The van der Waals surface area contributed by atoms with Crippen molar-refractivity contribution in [1.82, 2.24) is 0 Å². The Morgan fingerprint density at radius 3 is 2.75 bits per heavy atom. The number of nitrogens with one attached hydrogen (secondary N) is 1. The van der Waals surface area contributed by atoms with E-state index in [1.165, 1.54) is 6.07 Å². The third-order valence-electron chi connectivity index (χ3n) is 1.69. The molecule has 1 nitrogen and oxygen atoms in total. The van der Waals surface area contributed by atoms with Crippen LogP contribution in [0.2, 0.25) is 0 Å². The standard InChI is InChI=1S/C10H14FN/c1-3-6-12-10-5-4-8(2)7-9(10)11/h4-5,7,12H,3,6H2,1-2H3. The van der Waals surface area contributed by atoms with E-state index in [0.717, 1.165) is 18.5 Å². The predicted molar refractivity (Wildman–Crippen MR) is 49.9 cm³/mol. The maximum absolute atomic E-state index is 13.1. The Bertz CT molecular complexity index is 258. The van der Waals surface area contributed by atoms with Gasteiger partial charge in [-0.05, 0) is 31.0 Å². The van der Waals surface area contributed by atoms with Gasteiger partial charge in [0, 0.05) is 6.54 Å². The monoisotopic (exact) mass is 167 g/mol. The number of rotatable bonds is 3. The molecule has 1 rings (SSSR count). The summed E-state index contributed by atoms with van der Waals surface area (Å²) >= 11 is 0. The lowest BCUT2D eigenvalue weighted by Crippen LogP contribution is -2.01. The molecule has 0 aliphatic carbocycles. The SMILES string of the molecule is CCCNc1ccc(C)cc1F. The first-order valence-electron chi connectivity index (χ1n) is 4.24. The summed E-state index contributed by atoms with van der Waals surface area (Å²) in [5.41, 5.74) is 1.55. The molecular formula is C10H14FN. The zero-order chi connectivity index (χ0) is 8.97. The fourth-order valence-corrected chi connectivity index (χ4v) is 1.02. The maximum Gasteiger partial charge on any atom is 0.146 e. The van der Waals surface area contributed by atoms with Crippen molar-refractivity contribution < 1.29 is 4.39 Å². The summed E-state index contributed by atoms with van der Waals surface area (Å²) < 4.78 is 13.1. The Kier molecular flexibility index (Phi) is 3.09. The minimum Gasteiger partial charge on any atom is -0.383 e. The topological polar surface area (TPSA) is 12.0 Å². The summed E-state index contributed by atoms with van der Waals surface area (Å²) in [5, 5.41) is 3.01. The quantitative estimate of drug-likeness (QED) is 0.729. The van der Waals surface area contributed by atoms with Crippen molar-refractivity contribution in [3.8, 4) is 0 Å². The molecule has 1 aromatic carbocycles. The lowest BCUT2D eigenvalue weighted by atomic mass is 10.2. The second-order valence-electron chi connectivity index (χ2n) is 2.91. The van der Waals surface area contributed by atoms with Gasteiger partial charge in [0.1, 0.15) is 5.82 Å². The van der Waals surface area contributed by atoms with E-state index in [1.807, 2.05) is 13.0 Å². The molecule has 0 radical (unpaired) electrons. The molecule has 12 heavy (non-hydrogen) atoms. The first-order chi connectivity index (χ1) is 5.74. The Hall–Kier alpha value is -1.05. The van der Waals surface area contributed by atoms with Crippen LogP contribution in [0.25, 0.3) is 0 Å². The summed E-state index contributed by atoms with van der Waals surface area (Å²) in [5.74, 6) is -0.163. The molecule has 0 aliphatic rings. The maximum atomic E-state index is 13.1. The number of halogens is 1. The van der Waals surface area contributed by atoms with Gasteiger partial charge in [-0.15, -0.1) is 0 Å². The number of aryl methyl sites for hydroxylation is 1. The highest BCUT2D eigenvalue weighted by Crippen LogP contribution is 2.14. The zero-order valence-corrected chi connectivity index (χ0v) is 7.52. The van der Waals surface area contributed by atoms with Gasteiger partial charge >= 0.3 is 0 Å². The van der Waals surface area contributed by atoms with Crippen molar-refractivity contribution in [3.63, 3.8) is 0 Å². The molecule has 0 unspecified atom stereocenters. The highest BCUT2D eigenvalue weighted by molar-refractivity contribution is 5.45. The molecule has 0 atom stereocenters. The first kappa shape index (κ1) is 9.04. The van der Waals surface area contributed by atoms with E-state index < -0.39 is 0 Å². The molecule has 66 valence electrons. The van der Waals surface area contributed by atoms with E-state index in [0.29, 0.717) is 5.69 Å². The van der Waals surface area contributed by atoms with Crippen LogP contribution in [-0.4, -0.2) is 6.54 Å². The van der Waals surface area contributed by atoms with Crippen molar-refractivity contribution in [2.75, 3.05) is 11.9 Å². The fraction of sp³-hybridized carbons (Fsp3) is 0.400. The normalized spacial score (nSPS) is 9.92. The molecule has 0 spiro atoms. The van der Waals surface area contributed by atoms with Crippen LogP contribution in [0, 0.1) is 12.7 Å². The molecule has 0 bridgehead atoms. The predicted octanol–water partition coefficient (Wildman–Crippen LogP) is 2.96. The summed E-state index contributed by atoms with van der Waals surface area (Å²) in [6.07, 6.45) is 1.01. The van der Waals surface area contributed by atoms with Crippen molar-refractivity contribution in [2.24, 2.45) is 0 Å². The van der Waals surface area contributed by atoms with E-state index in [1.54, 1.807) is 6.07 Å². The molecule has 0 amide bonds. The van der Waals surface area contributed by atoms with Crippen molar-refractivity contribution in [2.45, 2.75) is 20.3 Å². The summed E-state index contributed by atoms with van der Waals surface area (Å²) in [7, 11) is 0. The molecule has 1 N–H and O–H groups in total. The average Bonchev–Trinajstić information content (AvgIpc) is 2.03. The summed E-state index contributed by atoms with van der Waals surface area (Å²) in [6, 6.07) is 5.22. The van der Waals surface area contributed by atoms with Gasteiger partial charge in [-0.3, -0.25) is 0 Å². The Morgan fingerprint density at radius 1 is 1.42 bits per heavy atom. The molecule has 2 heteroatoms. The Labute approximate surface area is 72.6 Å². The van der Waals surface area contributed by atoms with Gasteiger partial charge < -0.3 is 5.32 Å². The van der Waals surface area contributed by atoms with Gasteiger partial charge in [0.05, 0.1) is 5.69 Å². The van der Waals surface area contributed by atoms with E-state index in [4.69, 9.17) is 0 Å². The smallest absolute Gasteiger partial charge is 0.146 e. The van der Waals surface area contributed by atoms with Crippen molar-refractivity contribution >= 4 is 5.69 Å². The van der Waals surface area contributed by atoms with Crippen molar-refractivity contribution in [3.05, 3.63) is 29.6 Å². The molecule has 0 aliphatic heterocycles. The van der Waals surface area contributed by atoms with E-state index in [9.17, 15) is 4.39 Å². The highest BCUT2D eigenvalue weighted by atomic mass is 19.1. The largest absolute Gasteiger partial charge is 0.383 e.